The second kappa shape index (κ2) is 10.6. The fourth-order valence-corrected chi connectivity index (χ4v) is 1.65. The van der Waals surface area contributed by atoms with Crippen molar-refractivity contribution >= 4 is 18.1 Å². The zero-order valence-corrected chi connectivity index (χ0v) is 13.0. The quantitative estimate of drug-likeness (QED) is 0.390. The minimum Gasteiger partial charge on any atom is -0.435 e. The molecule has 0 aromatic heterocycles. The van der Waals surface area contributed by atoms with E-state index in [0.29, 0.717) is 0 Å². The molecule has 128 valence electrons. The summed E-state index contributed by atoms with van der Waals surface area (Å²) in [6, 6.07) is 8.94. The number of hydrogen-bond acceptors (Lipinski definition) is 7. The van der Waals surface area contributed by atoms with Crippen molar-refractivity contribution in [2.75, 3.05) is 0 Å². The van der Waals surface area contributed by atoms with Gasteiger partial charge >= 0.3 is 18.1 Å². The number of rotatable bonds is 9. The fraction of sp³-hybridized carbons (Fsp3) is 0.235. The van der Waals surface area contributed by atoms with Crippen molar-refractivity contribution in [3.05, 3.63) is 61.6 Å². The molecule has 0 radical (unpaired) electrons. The summed E-state index contributed by atoms with van der Waals surface area (Å²) in [7, 11) is 0. The van der Waals surface area contributed by atoms with Crippen LogP contribution < -0.4 is 0 Å². The van der Waals surface area contributed by atoms with Crippen molar-refractivity contribution in [2.24, 2.45) is 0 Å². The monoisotopic (exact) mass is 334 g/mol. The number of carbonyl (C=O) groups is 3. The first-order chi connectivity index (χ1) is 11.6. The van der Waals surface area contributed by atoms with E-state index in [1.165, 1.54) is 0 Å². The van der Waals surface area contributed by atoms with Gasteiger partial charge in [-0.1, -0.05) is 43.5 Å². The molecule has 1 aromatic carbocycles. The minimum atomic E-state index is -1.32. The summed E-state index contributed by atoms with van der Waals surface area (Å²) in [5, 5.41) is 0. The van der Waals surface area contributed by atoms with Gasteiger partial charge in [-0.25, -0.2) is 9.59 Å². The summed E-state index contributed by atoms with van der Waals surface area (Å²) in [5.74, 6) is -1.49. The largest absolute Gasteiger partial charge is 0.509 e. The maximum atomic E-state index is 11.7. The van der Waals surface area contributed by atoms with E-state index in [1.807, 2.05) is 6.07 Å². The Morgan fingerprint density at radius 3 is 2.33 bits per heavy atom. The Kier molecular flexibility index (Phi) is 8.38. The second-order valence-electron chi connectivity index (χ2n) is 4.43. The molecule has 0 saturated carbocycles. The molecular weight excluding hydrogens is 316 g/mol. The number of esters is 2. The van der Waals surface area contributed by atoms with Gasteiger partial charge in [-0.3, -0.25) is 4.79 Å². The van der Waals surface area contributed by atoms with Gasteiger partial charge in [0.1, 0.15) is 6.61 Å². The molecule has 1 atom stereocenters. The van der Waals surface area contributed by atoms with Gasteiger partial charge in [0.15, 0.2) is 0 Å². The Labute approximate surface area is 139 Å². The van der Waals surface area contributed by atoms with E-state index < -0.39 is 24.2 Å². The van der Waals surface area contributed by atoms with Crippen LogP contribution in [0.1, 0.15) is 18.4 Å². The molecule has 1 aromatic rings. The van der Waals surface area contributed by atoms with Gasteiger partial charge in [0, 0.05) is 6.42 Å². The van der Waals surface area contributed by atoms with Crippen LogP contribution in [0.15, 0.2) is 56.0 Å². The summed E-state index contributed by atoms with van der Waals surface area (Å²) in [6.07, 6.45) is -0.801. The summed E-state index contributed by atoms with van der Waals surface area (Å²) >= 11 is 0. The average molecular weight is 334 g/mol. The van der Waals surface area contributed by atoms with Crippen molar-refractivity contribution in [1.82, 2.24) is 0 Å². The molecule has 0 heterocycles. The summed E-state index contributed by atoms with van der Waals surface area (Å²) in [6.45, 7) is 6.47. The molecule has 0 saturated heterocycles. The molecule has 1 rings (SSSR count). The molecule has 24 heavy (non-hydrogen) atoms. The first-order valence-corrected chi connectivity index (χ1v) is 7.06. The SMILES string of the molecule is C=COC(=O)CCC(OC(=O)OCc1ccccc1)C(=O)OC=C. The second-order valence-corrected chi connectivity index (χ2v) is 4.43. The number of hydrogen-bond donors (Lipinski definition) is 0. The molecule has 0 aliphatic heterocycles. The van der Waals surface area contributed by atoms with Crippen LogP contribution >= 0.6 is 0 Å². The molecule has 0 aliphatic rings. The number of ether oxygens (including phenoxy) is 4. The highest BCUT2D eigenvalue weighted by Crippen LogP contribution is 2.09. The Balaban J connectivity index is 2.54. The summed E-state index contributed by atoms with van der Waals surface area (Å²) < 4.78 is 18.9. The lowest BCUT2D eigenvalue weighted by atomic mass is 10.2. The van der Waals surface area contributed by atoms with Gasteiger partial charge < -0.3 is 18.9 Å². The van der Waals surface area contributed by atoms with Crippen LogP contribution in [0.3, 0.4) is 0 Å². The highest BCUT2D eigenvalue weighted by Gasteiger charge is 2.26. The van der Waals surface area contributed by atoms with Crippen LogP contribution in [-0.2, 0) is 35.1 Å². The maximum Gasteiger partial charge on any atom is 0.509 e. The van der Waals surface area contributed by atoms with Crippen LogP contribution in [0, 0.1) is 0 Å². The standard InChI is InChI=1S/C17H18O7/c1-3-21-15(18)11-10-14(16(19)22-4-2)24-17(20)23-12-13-8-6-5-7-9-13/h3-9,14H,1-2,10-12H2. The van der Waals surface area contributed by atoms with Crippen molar-refractivity contribution in [3.8, 4) is 0 Å². The normalized spacial score (nSPS) is 10.8. The number of benzene rings is 1. The molecule has 7 nitrogen and oxygen atoms in total. The third kappa shape index (κ3) is 7.26. The van der Waals surface area contributed by atoms with Gasteiger partial charge in [-0.05, 0) is 5.56 Å². The highest BCUT2D eigenvalue weighted by molar-refractivity contribution is 5.79. The lowest BCUT2D eigenvalue weighted by Gasteiger charge is -2.15. The molecular formula is C17H18O7. The van der Waals surface area contributed by atoms with Crippen LogP contribution in [0.2, 0.25) is 0 Å². The molecule has 0 bridgehead atoms. The summed E-state index contributed by atoms with van der Waals surface area (Å²) in [5.41, 5.74) is 0.759. The number of carbonyl (C=O) groups excluding carboxylic acids is 3. The van der Waals surface area contributed by atoms with Crippen LogP contribution in [0.5, 0.6) is 0 Å². The maximum absolute atomic E-state index is 11.7. The van der Waals surface area contributed by atoms with Crippen molar-refractivity contribution < 1.29 is 33.3 Å². The zero-order valence-electron chi connectivity index (χ0n) is 13.0. The highest BCUT2D eigenvalue weighted by atomic mass is 16.7. The van der Waals surface area contributed by atoms with E-state index in [1.54, 1.807) is 24.3 Å². The lowest BCUT2D eigenvalue weighted by molar-refractivity contribution is -0.150. The third-order valence-electron chi connectivity index (χ3n) is 2.73. The predicted molar refractivity (Wildman–Crippen MR) is 83.3 cm³/mol. The first-order valence-electron chi connectivity index (χ1n) is 7.06. The smallest absolute Gasteiger partial charge is 0.435 e. The zero-order chi connectivity index (χ0) is 17.8. The van der Waals surface area contributed by atoms with Gasteiger partial charge in [-0.15, -0.1) is 0 Å². The lowest BCUT2D eigenvalue weighted by Crippen LogP contribution is -2.29. The molecule has 0 fully saturated rings. The Hall–Kier alpha value is -3.09. The molecule has 1 unspecified atom stereocenters. The van der Waals surface area contributed by atoms with E-state index >= 15 is 0 Å². The molecule has 0 N–H and O–H groups in total. The Bertz CT molecular complexity index is 580. The van der Waals surface area contributed by atoms with Crippen LogP contribution in [-0.4, -0.2) is 24.2 Å². The van der Waals surface area contributed by atoms with Gasteiger partial charge in [-0.2, -0.15) is 0 Å². The topological polar surface area (TPSA) is 88.1 Å². The van der Waals surface area contributed by atoms with Crippen molar-refractivity contribution in [3.63, 3.8) is 0 Å². The molecule has 0 aliphatic carbocycles. The van der Waals surface area contributed by atoms with Crippen molar-refractivity contribution in [1.29, 1.82) is 0 Å². The van der Waals surface area contributed by atoms with E-state index in [-0.39, 0.29) is 19.4 Å². The summed E-state index contributed by atoms with van der Waals surface area (Å²) in [4.78, 5) is 34.7. The van der Waals surface area contributed by atoms with E-state index in [4.69, 9.17) is 9.47 Å². The van der Waals surface area contributed by atoms with E-state index in [2.05, 4.69) is 22.6 Å². The average Bonchev–Trinajstić information content (AvgIpc) is 2.58. The first kappa shape index (κ1) is 19.0. The minimum absolute atomic E-state index is 0.0125. The third-order valence-corrected chi connectivity index (χ3v) is 2.73. The van der Waals surface area contributed by atoms with Crippen LogP contribution in [0.25, 0.3) is 0 Å². The van der Waals surface area contributed by atoms with Crippen LogP contribution in [0.4, 0.5) is 4.79 Å². The van der Waals surface area contributed by atoms with Gasteiger partial charge in [0.25, 0.3) is 0 Å². The van der Waals surface area contributed by atoms with Gasteiger partial charge in [0.2, 0.25) is 6.10 Å². The molecule has 0 amide bonds. The fourth-order valence-electron chi connectivity index (χ4n) is 1.65. The Morgan fingerprint density at radius 2 is 1.71 bits per heavy atom. The van der Waals surface area contributed by atoms with Gasteiger partial charge in [0.05, 0.1) is 18.9 Å². The predicted octanol–water partition coefficient (Wildman–Crippen LogP) is 2.86. The van der Waals surface area contributed by atoms with E-state index in [9.17, 15) is 14.4 Å². The molecule has 0 spiro atoms. The van der Waals surface area contributed by atoms with Crippen molar-refractivity contribution in [2.45, 2.75) is 25.6 Å². The van der Waals surface area contributed by atoms with E-state index in [0.717, 1.165) is 18.1 Å². The molecule has 7 heteroatoms. The Morgan fingerprint density at radius 1 is 1.04 bits per heavy atom.